The highest BCUT2D eigenvalue weighted by Gasteiger charge is 2.33. The predicted octanol–water partition coefficient (Wildman–Crippen LogP) is 3.05. The first-order valence-electron chi connectivity index (χ1n) is 7.19. The molecule has 1 fully saturated rings. The summed E-state index contributed by atoms with van der Waals surface area (Å²) < 4.78 is 0. The van der Waals surface area contributed by atoms with E-state index in [9.17, 15) is 0 Å². The molecule has 0 radical (unpaired) electrons. The van der Waals surface area contributed by atoms with Gasteiger partial charge in [0.1, 0.15) is 0 Å². The molecule has 1 heterocycles. The molecule has 1 saturated heterocycles. The van der Waals surface area contributed by atoms with Crippen molar-refractivity contribution in [2.45, 2.75) is 52.5 Å². The first-order chi connectivity index (χ1) is 8.13. The highest BCUT2D eigenvalue weighted by molar-refractivity contribution is 4.89. The second kappa shape index (κ2) is 7.17. The molecule has 0 aromatic rings. The fourth-order valence-corrected chi connectivity index (χ4v) is 3.03. The van der Waals surface area contributed by atoms with Crippen molar-refractivity contribution in [2.24, 2.45) is 5.41 Å². The van der Waals surface area contributed by atoms with Crippen LogP contribution < -0.4 is 5.32 Å². The number of nitrogens with one attached hydrogen (secondary N) is 1. The van der Waals surface area contributed by atoms with E-state index in [-0.39, 0.29) is 0 Å². The smallest absolute Gasteiger partial charge is 0.0163 e. The number of nitrogens with zero attached hydrogens (tertiary/aromatic N) is 1. The van der Waals surface area contributed by atoms with E-state index in [4.69, 9.17) is 0 Å². The zero-order valence-electron chi connectivity index (χ0n) is 12.0. The van der Waals surface area contributed by atoms with E-state index in [1.54, 1.807) is 0 Å². The fraction of sp³-hybridized carbons (Fsp3) is 0.867. The van der Waals surface area contributed by atoms with Crippen LogP contribution in [0.25, 0.3) is 0 Å². The fourth-order valence-electron chi connectivity index (χ4n) is 3.03. The molecule has 2 heteroatoms. The van der Waals surface area contributed by atoms with Crippen LogP contribution in [0.1, 0.15) is 46.5 Å². The molecule has 1 aliphatic heterocycles. The molecule has 0 aliphatic carbocycles. The zero-order chi connectivity index (χ0) is 12.7. The minimum atomic E-state index is 0.549. The van der Waals surface area contributed by atoms with Gasteiger partial charge < -0.3 is 5.32 Å². The average molecular weight is 238 g/mol. The molecule has 0 atom stereocenters. The number of hydrogen-bond acceptors (Lipinski definition) is 2. The van der Waals surface area contributed by atoms with Gasteiger partial charge in [-0.15, -0.1) is 6.58 Å². The standard InChI is InChI=1S/C15H30N2/c1-5-7-15(8-10-16-11-9-15)13-17(12-6-2)14(3)4/h6,14,16H,2,5,7-13H2,1,3-4H3. The van der Waals surface area contributed by atoms with E-state index < -0.39 is 0 Å². The van der Waals surface area contributed by atoms with Crippen molar-refractivity contribution < 1.29 is 0 Å². The maximum Gasteiger partial charge on any atom is 0.0163 e. The average Bonchev–Trinajstić information content (AvgIpc) is 2.30. The monoisotopic (exact) mass is 238 g/mol. The Kier molecular flexibility index (Phi) is 6.21. The molecule has 0 bridgehead atoms. The second-order valence-corrected chi connectivity index (χ2v) is 5.81. The highest BCUT2D eigenvalue weighted by atomic mass is 15.2. The summed E-state index contributed by atoms with van der Waals surface area (Å²) in [6, 6.07) is 0.622. The van der Waals surface area contributed by atoms with Gasteiger partial charge in [0.25, 0.3) is 0 Å². The van der Waals surface area contributed by atoms with E-state index in [0.29, 0.717) is 11.5 Å². The molecular formula is C15H30N2. The van der Waals surface area contributed by atoms with E-state index >= 15 is 0 Å². The molecule has 0 aromatic heterocycles. The summed E-state index contributed by atoms with van der Waals surface area (Å²) in [7, 11) is 0. The third-order valence-corrected chi connectivity index (χ3v) is 4.08. The van der Waals surface area contributed by atoms with E-state index in [0.717, 1.165) is 6.54 Å². The lowest BCUT2D eigenvalue weighted by atomic mass is 9.74. The highest BCUT2D eigenvalue weighted by Crippen LogP contribution is 2.35. The number of piperidine rings is 1. The predicted molar refractivity (Wildman–Crippen MR) is 76.4 cm³/mol. The van der Waals surface area contributed by atoms with Crippen LogP contribution >= 0.6 is 0 Å². The molecule has 17 heavy (non-hydrogen) atoms. The minimum Gasteiger partial charge on any atom is -0.317 e. The Morgan fingerprint density at radius 1 is 1.35 bits per heavy atom. The summed E-state index contributed by atoms with van der Waals surface area (Å²) in [6.45, 7) is 15.5. The molecular weight excluding hydrogens is 208 g/mol. The zero-order valence-corrected chi connectivity index (χ0v) is 12.0. The largest absolute Gasteiger partial charge is 0.317 e. The molecule has 100 valence electrons. The molecule has 0 spiro atoms. The second-order valence-electron chi connectivity index (χ2n) is 5.81. The van der Waals surface area contributed by atoms with Crippen molar-refractivity contribution in [3.05, 3.63) is 12.7 Å². The Morgan fingerprint density at radius 2 is 2.00 bits per heavy atom. The lowest BCUT2D eigenvalue weighted by molar-refractivity contribution is 0.0900. The van der Waals surface area contributed by atoms with E-state index in [1.807, 2.05) is 6.08 Å². The summed E-state index contributed by atoms with van der Waals surface area (Å²) in [5.74, 6) is 0. The molecule has 1 aliphatic rings. The number of hydrogen-bond donors (Lipinski definition) is 1. The third-order valence-electron chi connectivity index (χ3n) is 4.08. The van der Waals surface area contributed by atoms with Gasteiger partial charge in [-0.05, 0) is 51.6 Å². The van der Waals surface area contributed by atoms with Crippen LogP contribution in [-0.4, -0.2) is 37.1 Å². The van der Waals surface area contributed by atoms with Crippen LogP contribution in [0.15, 0.2) is 12.7 Å². The maximum absolute atomic E-state index is 3.89. The Balaban J connectivity index is 2.65. The van der Waals surface area contributed by atoms with Crippen LogP contribution in [0.2, 0.25) is 0 Å². The Labute approximate surface area is 107 Å². The molecule has 0 aromatic carbocycles. The molecule has 0 saturated carbocycles. The number of rotatable bonds is 7. The van der Waals surface area contributed by atoms with Gasteiger partial charge in [-0.3, -0.25) is 4.90 Å². The molecule has 1 rings (SSSR count). The summed E-state index contributed by atoms with van der Waals surface area (Å²) in [6.07, 6.45) is 7.39. The molecule has 0 amide bonds. The Bertz CT molecular complexity index is 211. The molecule has 1 N–H and O–H groups in total. The van der Waals surface area contributed by atoms with Crippen molar-refractivity contribution in [1.82, 2.24) is 10.2 Å². The minimum absolute atomic E-state index is 0.549. The van der Waals surface area contributed by atoms with E-state index in [2.05, 4.69) is 37.6 Å². The third kappa shape index (κ3) is 4.44. The van der Waals surface area contributed by atoms with Crippen molar-refractivity contribution in [1.29, 1.82) is 0 Å². The lowest BCUT2D eigenvalue weighted by Gasteiger charge is -2.42. The van der Waals surface area contributed by atoms with Gasteiger partial charge >= 0.3 is 0 Å². The molecule has 2 nitrogen and oxygen atoms in total. The van der Waals surface area contributed by atoms with Crippen molar-refractivity contribution in [3.8, 4) is 0 Å². The van der Waals surface area contributed by atoms with Gasteiger partial charge in [-0.1, -0.05) is 19.4 Å². The molecule has 0 unspecified atom stereocenters. The van der Waals surface area contributed by atoms with Crippen LogP contribution in [0.3, 0.4) is 0 Å². The van der Waals surface area contributed by atoms with Gasteiger partial charge in [0, 0.05) is 19.1 Å². The van der Waals surface area contributed by atoms with Crippen molar-refractivity contribution >= 4 is 0 Å². The van der Waals surface area contributed by atoms with Crippen LogP contribution in [-0.2, 0) is 0 Å². The van der Waals surface area contributed by atoms with Gasteiger partial charge in [-0.25, -0.2) is 0 Å². The van der Waals surface area contributed by atoms with Crippen LogP contribution in [0.5, 0.6) is 0 Å². The quantitative estimate of drug-likeness (QED) is 0.686. The normalized spacial score (nSPS) is 19.8. The summed E-state index contributed by atoms with van der Waals surface area (Å²) >= 11 is 0. The maximum atomic E-state index is 3.89. The summed E-state index contributed by atoms with van der Waals surface area (Å²) in [4.78, 5) is 2.58. The van der Waals surface area contributed by atoms with E-state index in [1.165, 1.54) is 45.3 Å². The topological polar surface area (TPSA) is 15.3 Å². The van der Waals surface area contributed by atoms with Gasteiger partial charge in [0.15, 0.2) is 0 Å². The summed E-state index contributed by atoms with van der Waals surface area (Å²) in [5, 5.41) is 3.49. The Morgan fingerprint density at radius 3 is 2.47 bits per heavy atom. The van der Waals surface area contributed by atoms with Gasteiger partial charge in [0.2, 0.25) is 0 Å². The van der Waals surface area contributed by atoms with Gasteiger partial charge in [-0.2, -0.15) is 0 Å². The van der Waals surface area contributed by atoms with Crippen molar-refractivity contribution in [3.63, 3.8) is 0 Å². The summed E-state index contributed by atoms with van der Waals surface area (Å²) in [5.41, 5.74) is 0.549. The Hall–Kier alpha value is -0.340. The van der Waals surface area contributed by atoms with Gasteiger partial charge in [0.05, 0.1) is 0 Å². The first kappa shape index (κ1) is 14.7. The van der Waals surface area contributed by atoms with Crippen LogP contribution in [0.4, 0.5) is 0 Å². The van der Waals surface area contributed by atoms with Crippen molar-refractivity contribution in [2.75, 3.05) is 26.2 Å². The first-order valence-corrected chi connectivity index (χ1v) is 7.19. The SMILES string of the molecule is C=CCN(CC1(CCC)CCNCC1)C(C)C. The van der Waals surface area contributed by atoms with Crippen LogP contribution in [0, 0.1) is 5.41 Å². The lowest BCUT2D eigenvalue weighted by Crippen LogP contribution is -2.46.